The maximum Gasteiger partial charge on any atom is 0.323 e. The number of nitrogens with one attached hydrogen (secondary N) is 1. The molecule has 1 rings (SSSR count). The van der Waals surface area contributed by atoms with Gasteiger partial charge in [-0.05, 0) is 25.3 Å². The van der Waals surface area contributed by atoms with Gasteiger partial charge in [-0.15, -0.1) is 0 Å². The summed E-state index contributed by atoms with van der Waals surface area (Å²) in [7, 11) is 0. The molecule has 1 aliphatic carbocycles. The van der Waals surface area contributed by atoms with E-state index in [0.717, 1.165) is 12.8 Å². The molecule has 0 aliphatic heterocycles. The first-order valence-electron chi connectivity index (χ1n) is 6.76. The summed E-state index contributed by atoms with van der Waals surface area (Å²) in [4.78, 5) is 11.0. The van der Waals surface area contributed by atoms with Crippen LogP contribution in [-0.2, 0) is 9.53 Å². The van der Waals surface area contributed by atoms with Crippen LogP contribution >= 0.6 is 0 Å². The van der Waals surface area contributed by atoms with Crippen molar-refractivity contribution in [2.75, 3.05) is 13.2 Å². The molecule has 100 valence electrons. The Hall–Kier alpha value is -0.610. The van der Waals surface area contributed by atoms with Crippen molar-refractivity contribution in [3.05, 3.63) is 0 Å². The SMILES string of the molecule is CCNC(COC1CCCCC1CC)C(=O)O. The maximum atomic E-state index is 11.0. The Bertz CT molecular complexity index is 233. The summed E-state index contributed by atoms with van der Waals surface area (Å²) < 4.78 is 5.82. The Kier molecular flexibility index (Phi) is 6.52. The summed E-state index contributed by atoms with van der Waals surface area (Å²) in [6.07, 6.45) is 6.18. The topological polar surface area (TPSA) is 58.6 Å². The van der Waals surface area contributed by atoms with Gasteiger partial charge in [-0.25, -0.2) is 0 Å². The Morgan fingerprint density at radius 3 is 2.71 bits per heavy atom. The highest BCUT2D eigenvalue weighted by Gasteiger charge is 2.26. The van der Waals surface area contributed by atoms with Crippen molar-refractivity contribution < 1.29 is 14.6 Å². The number of hydrogen-bond acceptors (Lipinski definition) is 3. The maximum absolute atomic E-state index is 11.0. The average molecular weight is 243 g/mol. The quantitative estimate of drug-likeness (QED) is 0.718. The van der Waals surface area contributed by atoms with Crippen molar-refractivity contribution in [1.29, 1.82) is 0 Å². The van der Waals surface area contributed by atoms with Gasteiger partial charge >= 0.3 is 5.97 Å². The van der Waals surface area contributed by atoms with E-state index in [0.29, 0.717) is 12.5 Å². The van der Waals surface area contributed by atoms with Crippen LogP contribution in [-0.4, -0.2) is 36.4 Å². The number of carboxylic acids is 1. The lowest BCUT2D eigenvalue weighted by Crippen LogP contribution is -2.42. The molecule has 0 aromatic heterocycles. The molecule has 1 fully saturated rings. The monoisotopic (exact) mass is 243 g/mol. The number of carboxylic acid groups (broad SMARTS) is 1. The number of ether oxygens (including phenoxy) is 1. The lowest BCUT2D eigenvalue weighted by molar-refractivity contribution is -0.142. The van der Waals surface area contributed by atoms with E-state index in [2.05, 4.69) is 12.2 Å². The molecule has 4 nitrogen and oxygen atoms in total. The molecule has 1 saturated carbocycles. The minimum absolute atomic E-state index is 0.259. The van der Waals surface area contributed by atoms with Crippen LogP contribution < -0.4 is 5.32 Å². The predicted octanol–water partition coefficient (Wildman–Crippen LogP) is 2.03. The molecule has 3 atom stereocenters. The first-order valence-corrected chi connectivity index (χ1v) is 6.76. The predicted molar refractivity (Wildman–Crippen MR) is 67.1 cm³/mol. The third kappa shape index (κ3) is 4.64. The Balaban J connectivity index is 2.38. The fourth-order valence-electron chi connectivity index (χ4n) is 2.54. The molecule has 0 aromatic rings. The zero-order valence-corrected chi connectivity index (χ0v) is 10.9. The van der Waals surface area contributed by atoms with Crippen LogP contribution in [0.4, 0.5) is 0 Å². The zero-order chi connectivity index (χ0) is 12.7. The number of rotatable bonds is 7. The lowest BCUT2D eigenvalue weighted by atomic mass is 9.85. The lowest BCUT2D eigenvalue weighted by Gasteiger charge is -2.31. The van der Waals surface area contributed by atoms with Gasteiger partial charge in [0.25, 0.3) is 0 Å². The van der Waals surface area contributed by atoms with Gasteiger partial charge in [0.2, 0.25) is 0 Å². The molecule has 3 unspecified atom stereocenters. The van der Waals surface area contributed by atoms with Crippen LogP contribution in [0.2, 0.25) is 0 Å². The molecular formula is C13H25NO3. The van der Waals surface area contributed by atoms with E-state index in [1.54, 1.807) is 0 Å². The van der Waals surface area contributed by atoms with Crippen LogP contribution in [0.5, 0.6) is 0 Å². The van der Waals surface area contributed by atoms with E-state index in [1.807, 2.05) is 6.92 Å². The number of carbonyl (C=O) groups is 1. The number of hydrogen-bond donors (Lipinski definition) is 2. The summed E-state index contributed by atoms with van der Waals surface area (Å²) in [6, 6.07) is -0.570. The minimum atomic E-state index is -0.823. The number of aliphatic carboxylic acids is 1. The Morgan fingerprint density at radius 1 is 1.41 bits per heavy atom. The molecule has 0 bridgehead atoms. The summed E-state index contributed by atoms with van der Waals surface area (Å²) in [5.41, 5.74) is 0. The highest BCUT2D eigenvalue weighted by atomic mass is 16.5. The smallest absolute Gasteiger partial charge is 0.323 e. The molecule has 17 heavy (non-hydrogen) atoms. The van der Waals surface area contributed by atoms with Crippen molar-refractivity contribution >= 4 is 5.97 Å². The van der Waals surface area contributed by atoms with Gasteiger partial charge < -0.3 is 15.2 Å². The molecule has 1 aliphatic rings. The van der Waals surface area contributed by atoms with Crippen molar-refractivity contribution in [2.45, 2.75) is 58.1 Å². The van der Waals surface area contributed by atoms with E-state index in [4.69, 9.17) is 9.84 Å². The van der Waals surface area contributed by atoms with Gasteiger partial charge in [-0.3, -0.25) is 4.79 Å². The van der Waals surface area contributed by atoms with Gasteiger partial charge in [-0.1, -0.05) is 33.1 Å². The van der Waals surface area contributed by atoms with Crippen LogP contribution in [0.15, 0.2) is 0 Å². The molecule has 4 heteroatoms. The number of likely N-dealkylation sites (N-methyl/N-ethyl adjacent to an activating group) is 1. The fourth-order valence-corrected chi connectivity index (χ4v) is 2.54. The zero-order valence-electron chi connectivity index (χ0n) is 10.9. The van der Waals surface area contributed by atoms with Gasteiger partial charge in [0.05, 0.1) is 12.7 Å². The normalized spacial score (nSPS) is 26.7. The average Bonchev–Trinajstić information content (AvgIpc) is 2.34. The van der Waals surface area contributed by atoms with Gasteiger partial charge in [0.15, 0.2) is 0 Å². The highest BCUT2D eigenvalue weighted by molar-refractivity contribution is 5.73. The molecule has 2 N–H and O–H groups in total. The molecule has 0 saturated heterocycles. The van der Waals surface area contributed by atoms with E-state index in [1.165, 1.54) is 19.3 Å². The van der Waals surface area contributed by atoms with E-state index in [9.17, 15) is 4.79 Å². The van der Waals surface area contributed by atoms with Crippen molar-refractivity contribution in [1.82, 2.24) is 5.32 Å². The molecule has 0 spiro atoms. The summed E-state index contributed by atoms with van der Waals surface area (Å²) in [6.45, 7) is 5.03. The molecular weight excluding hydrogens is 218 g/mol. The molecule has 0 amide bonds. The van der Waals surface area contributed by atoms with Crippen LogP contribution in [0, 0.1) is 5.92 Å². The van der Waals surface area contributed by atoms with Crippen LogP contribution in [0.1, 0.15) is 46.0 Å². The second-order valence-electron chi connectivity index (χ2n) is 4.77. The summed E-state index contributed by atoms with van der Waals surface area (Å²) >= 11 is 0. The largest absolute Gasteiger partial charge is 0.480 e. The summed E-state index contributed by atoms with van der Waals surface area (Å²) in [5, 5.41) is 11.9. The second kappa shape index (κ2) is 7.67. The van der Waals surface area contributed by atoms with Gasteiger partial charge in [0.1, 0.15) is 6.04 Å². The molecule has 0 radical (unpaired) electrons. The van der Waals surface area contributed by atoms with Crippen LogP contribution in [0.25, 0.3) is 0 Å². The second-order valence-corrected chi connectivity index (χ2v) is 4.77. The molecule has 0 aromatic carbocycles. The van der Waals surface area contributed by atoms with E-state index < -0.39 is 12.0 Å². The minimum Gasteiger partial charge on any atom is -0.480 e. The van der Waals surface area contributed by atoms with Gasteiger partial charge in [0, 0.05) is 0 Å². The summed E-state index contributed by atoms with van der Waals surface area (Å²) in [5.74, 6) is -0.212. The van der Waals surface area contributed by atoms with Crippen molar-refractivity contribution in [3.63, 3.8) is 0 Å². The van der Waals surface area contributed by atoms with E-state index >= 15 is 0 Å². The van der Waals surface area contributed by atoms with Crippen molar-refractivity contribution in [2.24, 2.45) is 5.92 Å². The standard InChI is InChI=1S/C13H25NO3/c1-3-10-7-5-6-8-12(10)17-9-11(13(15)16)14-4-2/h10-12,14H,3-9H2,1-2H3,(H,15,16). The van der Waals surface area contributed by atoms with Gasteiger partial charge in [-0.2, -0.15) is 0 Å². The first-order chi connectivity index (χ1) is 8.19. The van der Waals surface area contributed by atoms with Crippen LogP contribution in [0.3, 0.4) is 0 Å². The molecule has 0 heterocycles. The van der Waals surface area contributed by atoms with Crippen molar-refractivity contribution in [3.8, 4) is 0 Å². The third-order valence-corrected chi connectivity index (χ3v) is 3.59. The highest BCUT2D eigenvalue weighted by Crippen LogP contribution is 2.29. The Labute approximate surface area is 104 Å². The fraction of sp³-hybridized carbons (Fsp3) is 0.923. The third-order valence-electron chi connectivity index (χ3n) is 3.59. The first kappa shape index (κ1) is 14.5. The van der Waals surface area contributed by atoms with E-state index in [-0.39, 0.29) is 12.7 Å². The Morgan fingerprint density at radius 2 is 2.12 bits per heavy atom.